The van der Waals surface area contributed by atoms with E-state index < -0.39 is 0 Å². The number of pyridine rings is 1. The maximum Gasteiger partial charge on any atom is 0.251 e. The lowest BCUT2D eigenvalue weighted by atomic mass is 10.1. The minimum atomic E-state index is -0.163. The monoisotopic (exact) mass is 276 g/mol. The van der Waals surface area contributed by atoms with Gasteiger partial charge in [-0.25, -0.2) is 9.97 Å². The summed E-state index contributed by atoms with van der Waals surface area (Å²) in [7, 11) is 0. The quantitative estimate of drug-likeness (QED) is 0.827. The largest absolute Gasteiger partial charge is 0.328 e. The molecule has 0 aliphatic rings. The number of aryl methyl sites for hydroxylation is 1. The van der Waals surface area contributed by atoms with Crippen molar-refractivity contribution in [2.75, 3.05) is 0 Å². The second kappa shape index (κ2) is 5.99. The van der Waals surface area contributed by atoms with Gasteiger partial charge in [0.2, 0.25) is 0 Å². The van der Waals surface area contributed by atoms with Crippen molar-refractivity contribution in [1.29, 1.82) is 0 Å². The van der Waals surface area contributed by atoms with Gasteiger partial charge in [-0.15, -0.1) is 0 Å². The fourth-order valence-electron chi connectivity index (χ4n) is 1.71. The molecule has 3 N–H and O–H groups in total. The summed E-state index contributed by atoms with van der Waals surface area (Å²) in [6.07, 6.45) is 4.11. The molecule has 1 atom stereocenters. The predicted octanol–water partition coefficient (Wildman–Crippen LogP) is 1.51. The van der Waals surface area contributed by atoms with E-state index in [1.54, 1.807) is 0 Å². The van der Waals surface area contributed by atoms with Gasteiger partial charge in [-0.2, -0.15) is 0 Å². The minimum absolute atomic E-state index is 0.117. The molecule has 0 aliphatic carbocycles. The fourth-order valence-corrected chi connectivity index (χ4v) is 2.48. The third kappa shape index (κ3) is 3.90. The highest BCUT2D eigenvalue weighted by Gasteiger charge is 2.07. The molecular formula is C13H16N4OS. The highest BCUT2D eigenvalue weighted by molar-refractivity contribution is 7.99. The molecule has 1 unspecified atom stereocenters. The average molecular weight is 276 g/mol. The molecular weight excluding hydrogens is 260 g/mol. The van der Waals surface area contributed by atoms with Crippen molar-refractivity contribution in [3.63, 3.8) is 0 Å². The summed E-state index contributed by atoms with van der Waals surface area (Å²) in [5.41, 5.74) is 7.77. The van der Waals surface area contributed by atoms with Crippen LogP contribution in [0.4, 0.5) is 0 Å². The van der Waals surface area contributed by atoms with Crippen LogP contribution in [0.1, 0.15) is 18.1 Å². The molecule has 2 aromatic rings. The van der Waals surface area contributed by atoms with Gasteiger partial charge >= 0.3 is 0 Å². The van der Waals surface area contributed by atoms with Gasteiger partial charge in [-0.3, -0.25) is 4.79 Å². The molecule has 0 saturated carbocycles. The van der Waals surface area contributed by atoms with Crippen LogP contribution in [0.15, 0.2) is 39.5 Å². The number of aromatic amines is 1. The van der Waals surface area contributed by atoms with Crippen LogP contribution in [-0.2, 0) is 6.42 Å². The Morgan fingerprint density at radius 2 is 2.26 bits per heavy atom. The molecule has 0 bridgehead atoms. The van der Waals surface area contributed by atoms with Crippen LogP contribution in [0.2, 0.25) is 0 Å². The summed E-state index contributed by atoms with van der Waals surface area (Å²) in [5.74, 6) is 0. The Balaban J connectivity index is 2.19. The third-order valence-electron chi connectivity index (χ3n) is 2.49. The molecule has 0 spiro atoms. The van der Waals surface area contributed by atoms with Crippen molar-refractivity contribution in [3.8, 4) is 0 Å². The molecule has 0 amide bonds. The maximum atomic E-state index is 11.2. The number of nitrogens with zero attached hydrogens (tertiary/aromatic N) is 2. The van der Waals surface area contributed by atoms with Crippen LogP contribution in [0.5, 0.6) is 0 Å². The maximum absolute atomic E-state index is 11.2. The van der Waals surface area contributed by atoms with E-state index in [1.807, 2.05) is 20.0 Å². The molecule has 100 valence electrons. The zero-order valence-corrected chi connectivity index (χ0v) is 11.7. The van der Waals surface area contributed by atoms with E-state index in [-0.39, 0.29) is 11.6 Å². The summed E-state index contributed by atoms with van der Waals surface area (Å²) < 4.78 is 0. The Kier molecular flexibility index (Phi) is 4.34. The molecule has 2 rings (SSSR count). The van der Waals surface area contributed by atoms with Crippen LogP contribution in [0.25, 0.3) is 0 Å². The van der Waals surface area contributed by atoms with Gasteiger partial charge in [0.1, 0.15) is 5.03 Å². The number of aromatic nitrogens is 3. The van der Waals surface area contributed by atoms with Crippen molar-refractivity contribution >= 4 is 11.8 Å². The van der Waals surface area contributed by atoms with E-state index in [9.17, 15) is 4.79 Å². The lowest BCUT2D eigenvalue weighted by Crippen LogP contribution is -2.18. The number of hydrogen-bond acceptors (Lipinski definition) is 5. The van der Waals surface area contributed by atoms with Gasteiger partial charge in [0.05, 0.1) is 0 Å². The van der Waals surface area contributed by atoms with E-state index >= 15 is 0 Å². The first kappa shape index (κ1) is 13.8. The highest BCUT2D eigenvalue weighted by atomic mass is 32.2. The Morgan fingerprint density at radius 1 is 1.47 bits per heavy atom. The summed E-state index contributed by atoms with van der Waals surface area (Å²) in [5, 5.41) is 1.38. The predicted molar refractivity (Wildman–Crippen MR) is 75.3 cm³/mol. The molecule has 0 radical (unpaired) electrons. The van der Waals surface area contributed by atoms with Crippen molar-refractivity contribution in [2.24, 2.45) is 5.73 Å². The molecule has 5 nitrogen and oxygen atoms in total. The van der Waals surface area contributed by atoms with Gasteiger partial charge < -0.3 is 10.7 Å². The molecule has 0 fully saturated rings. The summed E-state index contributed by atoms with van der Waals surface area (Å²) >= 11 is 1.35. The van der Waals surface area contributed by atoms with Gasteiger partial charge in [-0.1, -0.05) is 6.07 Å². The number of hydrogen-bond donors (Lipinski definition) is 2. The summed E-state index contributed by atoms with van der Waals surface area (Å²) in [6, 6.07) is 3.57. The Labute approximate surface area is 115 Å². The summed E-state index contributed by atoms with van der Waals surface area (Å²) in [6.45, 7) is 3.96. The van der Waals surface area contributed by atoms with Crippen LogP contribution in [-0.4, -0.2) is 21.0 Å². The van der Waals surface area contributed by atoms with Crippen molar-refractivity contribution in [1.82, 2.24) is 15.0 Å². The van der Waals surface area contributed by atoms with E-state index in [0.29, 0.717) is 5.16 Å². The van der Waals surface area contributed by atoms with Crippen molar-refractivity contribution in [2.45, 2.75) is 36.5 Å². The molecule has 0 saturated heterocycles. The Bertz CT molecular complexity index is 624. The number of nitrogens with two attached hydrogens (primary N) is 1. The molecule has 0 aromatic carbocycles. The standard InChI is InChI=1S/C13H16N4OS/c1-8-5-10(6-9(2)14)7-16-12(8)19-13-15-4-3-11(18)17-13/h3-5,7,9H,6,14H2,1-2H3,(H,15,17,18). The molecule has 0 aliphatic heterocycles. The zero-order valence-electron chi connectivity index (χ0n) is 10.9. The molecule has 2 aromatic heterocycles. The normalized spacial score (nSPS) is 12.4. The number of nitrogens with one attached hydrogen (secondary N) is 1. The first-order valence-corrected chi connectivity index (χ1v) is 6.80. The van der Waals surface area contributed by atoms with Crippen LogP contribution < -0.4 is 11.3 Å². The van der Waals surface area contributed by atoms with Crippen molar-refractivity contribution in [3.05, 3.63) is 46.0 Å². The zero-order chi connectivity index (χ0) is 13.8. The van der Waals surface area contributed by atoms with E-state index in [4.69, 9.17) is 5.73 Å². The van der Waals surface area contributed by atoms with E-state index in [2.05, 4.69) is 21.0 Å². The summed E-state index contributed by atoms with van der Waals surface area (Å²) in [4.78, 5) is 22.4. The van der Waals surface area contributed by atoms with Crippen molar-refractivity contribution < 1.29 is 0 Å². The van der Waals surface area contributed by atoms with E-state index in [0.717, 1.165) is 22.6 Å². The topological polar surface area (TPSA) is 84.7 Å². The fraction of sp³-hybridized carbons (Fsp3) is 0.308. The first-order chi connectivity index (χ1) is 9.04. The Hall–Kier alpha value is -1.66. The minimum Gasteiger partial charge on any atom is -0.328 e. The second-order valence-electron chi connectivity index (χ2n) is 4.49. The van der Waals surface area contributed by atoms with Gasteiger partial charge in [0, 0.05) is 24.5 Å². The smallest absolute Gasteiger partial charge is 0.251 e. The lowest BCUT2D eigenvalue weighted by Gasteiger charge is -2.08. The third-order valence-corrected chi connectivity index (χ3v) is 3.51. The van der Waals surface area contributed by atoms with E-state index in [1.165, 1.54) is 24.0 Å². The number of rotatable bonds is 4. The lowest BCUT2D eigenvalue weighted by molar-refractivity contribution is 0.733. The van der Waals surface area contributed by atoms with Crippen LogP contribution in [0, 0.1) is 6.92 Å². The SMILES string of the molecule is Cc1cc(CC(C)N)cnc1Sc1nccc(=O)[nH]1. The molecule has 19 heavy (non-hydrogen) atoms. The van der Waals surface area contributed by atoms with Gasteiger partial charge in [0.25, 0.3) is 5.56 Å². The van der Waals surface area contributed by atoms with Crippen LogP contribution in [0.3, 0.4) is 0 Å². The molecule has 2 heterocycles. The second-order valence-corrected chi connectivity index (χ2v) is 5.47. The molecule has 6 heteroatoms. The first-order valence-electron chi connectivity index (χ1n) is 5.99. The van der Waals surface area contributed by atoms with Gasteiger partial charge in [0.15, 0.2) is 5.16 Å². The average Bonchev–Trinajstić information content (AvgIpc) is 2.32. The Morgan fingerprint density at radius 3 is 2.89 bits per heavy atom. The van der Waals surface area contributed by atoms with Gasteiger partial charge in [-0.05, 0) is 43.2 Å². The number of H-pyrrole nitrogens is 1. The highest BCUT2D eigenvalue weighted by Crippen LogP contribution is 2.25. The van der Waals surface area contributed by atoms with Crippen LogP contribution >= 0.6 is 11.8 Å².